The van der Waals surface area contributed by atoms with Gasteiger partial charge in [0.25, 0.3) is 0 Å². The molecule has 2 aromatic heterocycles. The van der Waals surface area contributed by atoms with E-state index in [1.807, 2.05) is 36.4 Å². The van der Waals surface area contributed by atoms with E-state index in [-0.39, 0.29) is 0 Å². The third kappa shape index (κ3) is 2.45. The number of nitrogens with zero attached hydrogens (tertiary/aromatic N) is 2. The molecule has 0 atom stereocenters. The number of rotatable bonds is 3. The second-order valence-electron chi connectivity index (χ2n) is 4.39. The molecule has 0 saturated carbocycles. The summed E-state index contributed by atoms with van der Waals surface area (Å²) in [5, 5.41) is 1.09. The molecule has 20 heavy (non-hydrogen) atoms. The van der Waals surface area contributed by atoms with Gasteiger partial charge in [0.05, 0.1) is 11.2 Å². The van der Waals surface area contributed by atoms with Crippen molar-refractivity contribution in [1.82, 2.24) is 15.0 Å². The minimum Gasteiger partial charge on any atom is -0.377 e. The lowest BCUT2D eigenvalue weighted by atomic mass is 10.1. The van der Waals surface area contributed by atoms with Gasteiger partial charge >= 0.3 is 0 Å². The van der Waals surface area contributed by atoms with E-state index in [1.54, 1.807) is 13.3 Å². The number of aromatic nitrogens is 3. The fourth-order valence-corrected chi connectivity index (χ4v) is 2.41. The van der Waals surface area contributed by atoms with E-state index in [4.69, 9.17) is 17.0 Å². The zero-order valence-corrected chi connectivity index (χ0v) is 11.8. The Labute approximate surface area is 121 Å². The normalized spacial score (nSPS) is 10.8. The number of methoxy groups -OCH3 is 1. The standard InChI is InChI=1S/C15H13N3OS/c1-19-9-13-17-12(8-14(20)18-13)11-6-2-4-10-5-3-7-16-15(10)11/h2-8H,9H2,1H3,(H,17,18,20). The maximum atomic E-state index is 5.22. The Morgan fingerprint density at radius 3 is 2.95 bits per heavy atom. The molecular formula is C15H13N3OS. The second-order valence-corrected chi connectivity index (χ2v) is 4.81. The highest BCUT2D eigenvalue weighted by molar-refractivity contribution is 7.71. The number of benzene rings is 1. The van der Waals surface area contributed by atoms with Gasteiger partial charge in [-0.2, -0.15) is 0 Å². The Morgan fingerprint density at radius 2 is 2.10 bits per heavy atom. The lowest BCUT2D eigenvalue weighted by molar-refractivity contribution is 0.178. The number of nitrogens with one attached hydrogen (secondary N) is 1. The Hall–Kier alpha value is -2.11. The van der Waals surface area contributed by atoms with Gasteiger partial charge in [-0.25, -0.2) is 4.98 Å². The van der Waals surface area contributed by atoms with E-state index < -0.39 is 0 Å². The molecule has 0 unspecified atom stereocenters. The summed E-state index contributed by atoms with van der Waals surface area (Å²) in [6.45, 7) is 0.398. The van der Waals surface area contributed by atoms with Crippen LogP contribution in [0, 0.1) is 4.64 Å². The number of hydrogen-bond donors (Lipinski definition) is 1. The number of H-pyrrole nitrogens is 1. The van der Waals surface area contributed by atoms with Crippen LogP contribution in [0.2, 0.25) is 0 Å². The summed E-state index contributed by atoms with van der Waals surface area (Å²) in [6, 6.07) is 11.9. The fourth-order valence-electron chi connectivity index (χ4n) is 2.18. The zero-order valence-electron chi connectivity index (χ0n) is 11.0. The van der Waals surface area contributed by atoms with E-state index in [1.165, 1.54) is 0 Å². The van der Waals surface area contributed by atoms with Crippen molar-refractivity contribution in [3.63, 3.8) is 0 Å². The Morgan fingerprint density at radius 1 is 1.25 bits per heavy atom. The van der Waals surface area contributed by atoms with E-state index in [9.17, 15) is 0 Å². The molecule has 1 aromatic carbocycles. The number of ether oxygens (including phenoxy) is 1. The topological polar surface area (TPSA) is 50.8 Å². The van der Waals surface area contributed by atoms with Crippen LogP contribution < -0.4 is 0 Å². The van der Waals surface area contributed by atoms with Crippen LogP contribution in [0.1, 0.15) is 5.82 Å². The van der Waals surface area contributed by atoms with Gasteiger partial charge in [0.2, 0.25) is 0 Å². The minimum atomic E-state index is 0.398. The maximum Gasteiger partial charge on any atom is 0.134 e. The first-order valence-electron chi connectivity index (χ1n) is 6.21. The SMILES string of the molecule is COCc1nc(=S)cc(-c2cccc3cccnc23)[nH]1. The van der Waals surface area contributed by atoms with Crippen molar-refractivity contribution >= 4 is 23.1 Å². The van der Waals surface area contributed by atoms with Crippen LogP contribution in [0.3, 0.4) is 0 Å². The van der Waals surface area contributed by atoms with Gasteiger partial charge in [0.1, 0.15) is 17.1 Å². The van der Waals surface area contributed by atoms with E-state index in [0.29, 0.717) is 17.1 Å². The molecule has 2 heterocycles. The van der Waals surface area contributed by atoms with Crippen molar-refractivity contribution < 1.29 is 4.74 Å². The fraction of sp³-hybridized carbons (Fsp3) is 0.133. The van der Waals surface area contributed by atoms with Crippen molar-refractivity contribution in [1.29, 1.82) is 0 Å². The van der Waals surface area contributed by atoms with Crippen LogP contribution in [0.15, 0.2) is 42.6 Å². The van der Waals surface area contributed by atoms with Crippen molar-refractivity contribution in [2.45, 2.75) is 6.61 Å². The van der Waals surface area contributed by atoms with Gasteiger partial charge in [0.15, 0.2) is 0 Å². The largest absolute Gasteiger partial charge is 0.377 e. The van der Waals surface area contributed by atoms with Crippen LogP contribution >= 0.6 is 12.2 Å². The van der Waals surface area contributed by atoms with Crippen molar-refractivity contribution in [3.05, 3.63) is 53.1 Å². The summed E-state index contributed by atoms with van der Waals surface area (Å²) in [5.74, 6) is 0.711. The van der Waals surface area contributed by atoms with Crippen LogP contribution in [-0.2, 0) is 11.3 Å². The lowest BCUT2D eigenvalue weighted by Crippen LogP contribution is -1.99. The second kappa shape index (κ2) is 5.48. The van der Waals surface area contributed by atoms with E-state index in [0.717, 1.165) is 22.2 Å². The molecule has 0 aliphatic rings. The quantitative estimate of drug-likeness (QED) is 0.747. The summed E-state index contributed by atoms with van der Waals surface area (Å²) in [4.78, 5) is 12.0. The van der Waals surface area contributed by atoms with Crippen LogP contribution in [0.25, 0.3) is 22.2 Å². The number of aromatic amines is 1. The van der Waals surface area contributed by atoms with E-state index in [2.05, 4.69) is 15.0 Å². The number of fused-ring (bicyclic) bond motifs is 1. The molecule has 5 heteroatoms. The van der Waals surface area contributed by atoms with Gasteiger partial charge in [-0.15, -0.1) is 0 Å². The predicted octanol–water partition coefficient (Wildman–Crippen LogP) is 3.50. The third-order valence-corrected chi connectivity index (χ3v) is 3.21. The minimum absolute atomic E-state index is 0.398. The average Bonchev–Trinajstić information content (AvgIpc) is 2.46. The first-order chi connectivity index (χ1) is 9.78. The molecule has 100 valence electrons. The smallest absolute Gasteiger partial charge is 0.134 e. The Bertz CT molecular complexity index is 808. The van der Waals surface area contributed by atoms with Gasteiger partial charge in [0, 0.05) is 24.3 Å². The molecule has 0 spiro atoms. The average molecular weight is 283 g/mol. The monoisotopic (exact) mass is 283 g/mol. The zero-order chi connectivity index (χ0) is 13.9. The van der Waals surface area contributed by atoms with Gasteiger partial charge < -0.3 is 9.72 Å². The highest BCUT2D eigenvalue weighted by Crippen LogP contribution is 2.25. The predicted molar refractivity (Wildman–Crippen MR) is 80.9 cm³/mol. The van der Waals surface area contributed by atoms with Crippen molar-refractivity contribution in [2.24, 2.45) is 0 Å². The lowest BCUT2D eigenvalue weighted by Gasteiger charge is -2.08. The molecule has 0 amide bonds. The Kier molecular flexibility index (Phi) is 3.54. The number of pyridine rings is 1. The molecule has 3 aromatic rings. The summed E-state index contributed by atoms with van der Waals surface area (Å²) in [6.07, 6.45) is 1.79. The van der Waals surface area contributed by atoms with Crippen LogP contribution in [-0.4, -0.2) is 22.1 Å². The molecule has 3 rings (SSSR count). The molecule has 1 N–H and O–H groups in total. The van der Waals surface area contributed by atoms with Gasteiger partial charge in [-0.1, -0.05) is 36.5 Å². The van der Waals surface area contributed by atoms with Gasteiger partial charge in [-0.3, -0.25) is 4.98 Å². The highest BCUT2D eigenvalue weighted by atomic mass is 32.1. The van der Waals surface area contributed by atoms with Crippen LogP contribution in [0.5, 0.6) is 0 Å². The molecule has 4 nitrogen and oxygen atoms in total. The summed E-state index contributed by atoms with van der Waals surface area (Å²) in [5.41, 5.74) is 2.85. The van der Waals surface area contributed by atoms with Crippen LogP contribution in [0.4, 0.5) is 0 Å². The molecule has 0 fully saturated rings. The third-order valence-electron chi connectivity index (χ3n) is 3.00. The number of para-hydroxylation sites is 1. The van der Waals surface area contributed by atoms with Gasteiger partial charge in [-0.05, 0) is 12.1 Å². The molecule has 0 aliphatic heterocycles. The Balaban J connectivity index is 2.23. The summed E-state index contributed by atoms with van der Waals surface area (Å²) < 4.78 is 5.65. The molecule has 0 bridgehead atoms. The van der Waals surface area contributed by atoms with Crippen molar-refractivity contribution in [3.8, 4) is 11.3 Å². The highest BCUT2D eigenvalue weighted by Gasteiger charge is 2.07. The molecule has 0 aliphatic carbocycles. The summed E-state index contributed by atoms with van der Waals surface area (Å²) >= 11 is 5.22. The molecule has 0 saturated heterocycles. The first-order valence-corrected chi connectivity index (χ1v) is 6.62. The molecule has 0 radical (unpaired) electrons. The summed E-state index contributed by atoms with van der Waals surface area (Å²) in [7, 11) is 1.63. The first kappa shape index (κ1) is 12.9. The number of hydrogen-bond acceptors (Lipinski definition) is 4. The van der Waals surface area contributed by atoms with E-state index >= 15 is 0 Å². The van der Waals surface area contributed by atoms with Crippen molar-refractivity contribution in [2.75, 3.05) is 7.11 Å². The molecular weight excluding hydrogens is 270 g/mol. The maximum absolute atomic E-state index is 5.22.